The van der Waals surface area contributed by atoms with Crippen molar-refractivity contribution in [1.29, 1.82) is 0 Å². The van der Waals surface area contributed by atoms with E-state index in [1.54, 1.807) is 0 Å². The average molecular weight is 264 g/mol. The number of hydrogen-bond donors (Lipinski definition) is 1. The molecule has 1 unspecified atom stereocenters. The predicted octanol–water partition coefficient (Wildman–Crippen LogP) is 2.63. The van der Waals surface area contributed by atoms with Gasteiger partial charge in [-0.2, -0.15) is 0 Å². The van der Waals surface area contributed by atoms with E-state index in [2.05, 4.69) is 48.3 Å². The van der Waals surface area contributed by atoms with E-state index in [0.717, 1.165) is 19.5 Å². The minimum absolute atomic E-state index is 0.669. The zero-order chi connectivity index (χ0) is 12.8. The van der Waals surface area contributed by atoms with Gasteiger partial charge in [0.25, 0.3) is 0 Å². The van der Waals surface area contributed by atoms with Crippen LogP contribution in [0.15, 0.2) is 29.2 Å². The van der Waals surface area contributed by atoms with E-state index in [0.29, 0.717) is 6.04 Å². The summed E-state index contributed by atoms with van der Waals surface area (Å²) in [6, 6.07) is 9.68. The van der Waals surface area contributed by atoms with Crippen LogP contribution in [-0.4, -0.2) is 42.9 Å². The maximum atomic E-state index is 3.41. The lowest BCUT2D eigenvalue weighted by Gasteiger charge is -2.32. The quantitative estimate of drug-likeness (QED) is 0.823. The summed E-state index contributed by atoms with van der Waals surface area (Å²) in [6.07, 6.45) is 1.13. The summed E-state index contributed by atoms with van der Waals surface area (Å²) >= 11 is 1.98. The summed E-state index contributed by atoms with van der Waals surface area (Å²) in [5.41, 5.74) is 1.43. The maximum absolute atomic E-state index is 3.41. The molecule has 1 atom stereocenters. The number of nitrogens with zero attached hydrogens (tertiary/aromatic N) is 1. The Morgan fingerprint density at radius 2 is 1.89 bits per heavy atom. The first kappa shape index (κ1) is 13.9. The Kier molecular flexibility index (Phi) is 5.54. The van der Waals surface area contributed by atoms with Crippen LogP contribution in [0.4, 0.5) is 0 Å². The van der Waals surface area contributed by atoms with Gasteiger partial charge in [-0.25, -0.2) is 0 Å². The fourth-order valence-electron chi connectivity index (χ4n) is 2.27. The minimum atomic E-state index is 0.669. The van der Waals surface area contributed by atoms with Gasteiger partial charge in [-0.15, -0.1) is 11.8 Å². The Bertz CT molecular complexity index is 344. The maximum Gasteiger partial charge on any atom is 0.0162 e. The Balaban J connectivity index is 1.78. The second kappa shape index (κ2) is 7.17. The van der Waals surface area contributed by atoms with E-state index >= 15 is 0 Å². The van der Waals surface area contributed by atoms with Gasteiger partial charge < -0.3 is 5.32 Å². The van der Waals surface area contributed by atoms with Crippen LogP contribution in [0, 0.1) is 0 Å². The Morgan fingerprint density at radius 3 is 2.50 bits per heavy atom. The molecule has 1 N–H and O–H groups in total. The zero-order valence-electron chi connectivity index (χ0n) is 11.5. The van der Waals surface area contributed by atoms with Gasteiger partial charge >= 0.3 is 0 Å². The molecule has 0 radical (unpaired) electrons. The molecule has 2 rings (SSSR count). The van der Waals surface area contributed by atoms with Crippen molar-refractivity contribution in [1.82, 2.24) is 10.2 Å². The second-order valence-electron chi connectivity index (χ2n) is 4.94. The van der Waals surface area contributed by atoms with E-state index < -0.39 is 0 Å². The number of thioether (sulfide) groups is 1. The molecule has 2 nitrogen and oxygen atoms in total. The third-order valence-corrected chi connectivity index (χ3v) is 4.85. The molecule has 0 saturated carbocycles. The van der Waals surface area contributed by atoms with Crippen LogP contribution in [0.25, 0.3) is 0 Å². The van der Waals surface area contributed by atoms with Crippen molar-refractivity contribution in [2.75, 3.05) is 31.9 Å². The molecule has 0 amide bonds. The fraction of sp³-hybridized carbons (Fsp3) is 0.600. The van der Waals surface area contributed by atoms with Crippen LogP contribution >= 0.6 is 11.8 Å². The van der Waals surface area contributed by atoms with Gasteiger partial charge in [0, 0.05) is 42.9 Å². The Morgan fingerprint density at radius 1 is 1.22 bits per heavy atom. The van der Waals surface area contributed by atoms with E-state index in [9.17, 15) is 0 Å². The molecule has 1 heterocycles. The lowest BCUT2D eigenvalue weighted by Crippen LogP contribution is -2.48. The SMILES string of the molecule is CCc1ccc(SCC(C)N2CCNCC2)cc1. The van der Waals surface area contributed by atoms with Crippen LogP contribution < -0.4 is 5.32 Å². The van der Waals surface area contributed by atoms with Gasteiger partial charge in [0.15, 0.2) is 0 Å². The smallest absolute Gasteiger partial charge is 0.0162 e. The molecule has 1 aromatic carbocycles. The fourth-order valence-corrected chi connectivity index (χ4v) is 3.24. The first-order valence-corrected chi connectivity index (χ1v) is 7.94. The summed E-state index contributed by atoms with van der Waals surface area (Å²) in [4.78, 5) is 3.98. The van der Waals surface area contributed by atoms with Gasteiger partial charge in [-0.1, -0.05) is 19.1 Å². The van der Waals surface area contributed by atoms with Crippen molar-refractivity contribution in [3.63, 3.8) is 0 Å². The van der Waals surface area contributed by atoms with E-state index in [4.69, 9.17) is 0 Å². The topological polar surface area (TPSA) is 15.3 Å². The highest BCUT2D eigenvalue weighted by molar-refractivity contribution is 7.99. The summed E-state index contributed by atoms with van der Waals surface area (Å²) in [7, 11) is 0. The van der Waals surface area contributed by atoms with Gasteiger partial charge in [-0.3, -0.25) is 4.90 Å². The molecule has 3 heteroatoms. The average Bonchev–Trinajstić information content (AvgIpc) is 2.46. The summed E-state index contributed by atoms with van der Waals surface area (Å²) < 4.78 is 0. The van der Waals surface area contributed by atoms with Crippen LogP contribution in [0.2, 0.25) is 0 Å². The summed E-state index contributed by atoms with van der Waals surface area (Å²) in [6.45, 7) is 9.21. The number of benzene rings is 1. The number of piperazine rings is 1. The van der Waals surface area contributed by atoms with Crippen molar-refractivity contribution in [3.8, 4) is 0 Å². The van der Waals surface area contributed by atoms with Crippen LogP contribution in [0.3, 0.4) is 0 Å². The lowest BCUT2D eigenvalue weighted by molar-refractivity contribution is 0.198. The highest BCUT2D eigenvalue weighted by Gasteiger charge is 2.16. The van der Waals surface area contributed by atoms with Crippen molar-refractivity contribution in [2.24, 2.45) is 0 Å². The summed E-state index contributed by atoms with van der Waals surface area (Å²) in [5, 5.41) is 3.41. The van der Waals surface area contributed by atoms with E-state index in [-0.39, 0.29) is 0 Å². The summed E-state index contributed by atoms with van der Waals surface area (Å²) in [5.74, 6) is 1.19. The highest BCUT2D eigenvalue weighted by atomic mass is 32.2. The highest BCUT2D eigenvalue weighted by Crippen LogP contribution is 2.21. The molecule has 1 aliphatic rings. The number of rotatable bonds is 5. The predicted molar refractivity (Wildman–Crippen MR) is 80.4 cm³/mol. The largest absolute Gasteiger partial charge is 0.314 e. The zero-order valence-corrected chi connectivity index (χ0v) is 12.3. The standard InChI is InChI=1S/C15H24N2S/c1-3-14-4-6-15(7-5-14)18-12-13(2)17-10-8-16-9-11-17/h4-7,13,16H,3,8-12H2,1-2H3. The third-order valence-electron chi connectivity index (χ3n) is 3.60. The van der Waals surface area contributed by atoms with Crippen molar-refractivity contribution in [2.45, 2.75) is 31.2 Å². The Hall–Kier alpha value is -0.510. The molecule has 1 aliphatic heterocycles. The normalized spacial score (nSPS) is 18.8. The van der Waals surface area contributed by atoms with Gasteiger partial charge in [0.2, 0.25) is 0 Å². The number of aryl methyl sites for hydroxylation is 1. The minimum Gasteiger partial charge on any atom is -0.314 e. The molecule has 1 saturated heterocycles. The number of nitrogens with one attached hydrogen (secondary N) is 1. The first-order valence-electron chi connectivity index (χ1n) is 6.96. The molecule has 100 valence electrons. The van der Waals surface area contributed by atoms with Crippen LogP contribution in [0.5, 0.6) is 0 Å². The molecule has 0 aliphatic carbocycles. The van der Waals surface area contributed by atoms with Crippen LogP contribution in [-0.2, 0) is 6.42 Å². The van der Waals surface area contributed by atoms with E-state index in [1.165, 1.54) is 29.3 Å². The molecule has 0 bridgehead atoms. The van der Waals surface area contributed by atoms with E-state index in [1.807, 2.05) is 11.8 Å². The second-order valence-corrected chi connectivity index (χ2v) is 6.04. The van der Waals surface area contributed by atoms with Gasteiger partial charge in [0.05, 0.1) is 0 Å². The molecule has 18 heavy (non-hydrogen) atoms. The number of hydrogen-bond acceptors (Lipinski definition) is 3. The van der Waals surface area contributed by atoms with Crippen LogP contribution in [0.1, 0.15) is 19.4 Å². The van der Waals surface area contributed by atoms with Crippen molar-refractivity contribution >= 4 is 11.8 Å². The molecule has 1 aromatic rings. The van der Waals surface area contributed by atoms with Gasteiger partial charge in [0.1, 0.15) is 0 Å². The molecular formula is C15H24N2S. The van der Waals surface area contributed by atoms with Crippen molar-refractivity contribution in [3.05, 3.63) is 29.8 Å². The van der Waals surface area contributed by atoms with Crippen molar-refractivity contribution < 1.29 is 0 Å². The van der Waals surface area contributed by atoms with Gasteiger partial charge in [-0.05, 0) is 31.0 Å². The molecule has 0 aromatic heterocycles. The molecule has 0 spiro atoms. The Labute approximate surface area is 115 Å². The monoisotopic (exact) mass is 264 g/mol. The lowest BCUT2D eigenvalue weighted by atomic mass is 10.2. The first-order chi connectivity index (χ1) is 8.79. The molecule has 1 fully saturated rings. The third kappa shape index (κ3) is 4.01. The molecular weight excluding hydrogens is 240 g/mol.